The van der Waals surface area contributed by atoms with Crippen molar-refractivity contribution in [2.24, 2.45) is 5.41 Å². The van der Waals surface area contributed by atoms with E-state index >= 15 is 0 Å². The molecule has 1 aromatic rings. The van der Waals surface area contributed by atoms with E-state index in [9.17, 15) is 9.59 Å². The highest BCUT2D eigenvalue weighted by Crippen LogP contribution is 2.28. The van der Waals surface area contributed by atoms with Crippen LogP contribution >= 0.6 is 0 Å². The number of amides is 1. The number of carbonyl (C=O) groups excluding carboxylic acids is 2. The number of methoxy groups -OCH3 is 1. The molecular formula is C18H26N2O4. The van der Waals surface area contributed by atoms with Gasteiger partial charge in [0.2, 0.25) is 5.91 Å². The van der Waals surface area contributed by atoms with Crippen LogP contribution in [0.25, 0.3) is 0 Å². The van der Waals surface area contributed by atoms with Crippen LogP contribution in [0.1, 0.15) is 19.4 Å². The molecule has 6 nitrogen and oxygen atoms in total. The maximum Gasteiger partial charge on any atom is 0.313 e. The molecule has 1 N–H and O–H groups in total. The van der Waals surface area contributed by atoms with Crippen LogP contribution in [0.4, 0.5) is 0 Å². The van der Waals surface area contributed by atoms with E-state index in [1.807, 2.05) is 35.2 Å². The number of morpholine rings is 1. The summed E-state index contributed by atoms with van der Waals surface area (Å²) < 4.78 is 10.3. The highest BCUT2D eigenvalue weighted by molar-refractivity contribution is 5.90. The van der Waals surface area contributed by atoms with E-state index in [0.717, 1.165) is 5.56 Å². The molecule has 1 aromatic carbocycles. The summed E-state index contributed by atoms with van der Waals surface area (Å²) in [6.45, 7) is 6.27. The lowest BCUT2D eigenvalue weighted by Gasteiger charge is -2.40. The molecular weight excluding hydrogens is 308 g/mol. The Morgan fingerprint density at radius 3 is 2.46 bits per heavy atom. The normalized spacial score (nSPS) is 17.1. The quantitative estimate of drug-likeness (QED) is 0.792. The molecule has 1 aliphatic heterocycles. The van der Waals surface area contributed by atoms with E-state index in [4.69, 9.17) is 9.47 Å². The topological polar surface area (TPSA) is 67.9 Å². The third-order valence-electron chi connectivity index (χ3n) is 4.36. The molecule has 6 heteroatoms. The molecule has 0 aromatic heterocycles. The van der Waals surface area contributed by atoms with Gasteiger partial charge in [-0.15, -0.1) is 0 Å². The second-order valence-corrected chi connectivity index (χ2v) is 6.47. The Balaban J connectivity index is 2.14. The second-order valence-electron chi connectivity index (χ2n) is 6.47. The Kier molecular flexibility index (Phi) is 6.34. The third kappa shape index (κ3) is 4.33. The third-order valence-corrected chi connectivity index (χ3v) is 4.36. The van der Waals surface area contributed by atoms with E-state index in [2.05, 4.69) is 5.32 Å². The van der Waals surface area contributed by atoms with Crippen LogP contribution in [0.5, 0.6) is 0 Å². The average molecular weight is 334 g/mol. The molecule has 1 saturated heterocycles. The van der Waals surface area contributed by atoms with Gasteiger partial charge in [0, 0.05) is 19.6 Å². The van der Waals surface area contributed by atoms with Gasteiger partial charge in [0.15, 0.2) is 0 Å². The van der Waals surface area contributed by atoms with E-state index < -0.39 is 17.4 Å². The molecule has 0 spiro atoms. The van der Waals surface area contributed by atoms with Gasteiger partial charge in [-0.25, -0.2) is 0 Å². The Labute approximate surface area is 143 Å². The number of hydrogen-bond donors (Lipinski definition) is 1. The summed E-state index contributed by atoms with van der Waals surface area (Å²) in [5.74, 6) is -0.565. The van der Waals surface area contributed by atoms with Crippen LogP contribution in [0.2, 0.25) is 0 Å². The number of rotatable bonds is 6. The van der Waals surface area contributed by atoms with Gasteiger partial charge in [-0.05, 0) is 19.4 Å². The molecule has 2 rings (SSSR count). The molecule has 1 atom stereocenters. The van der Waals surface area contributed by atoms with Crippen molar-refractivity contribution in [3.05, 3.63) is 35.9 Å². The highest BCUT2D eigenvalue weighted by Gasteiger charge is 2.46. The van der Waals surface area contributed by atoms with Crippen LogP contribution in [0.3, 0.4) is 0 Å². The molecule has 0 radical (unpaired) electrons. The van der Waals surface area contributed by atoms with Crippen molar-refractivity contribution in [3.8, 4) is 0 Å². The number of nitrogens with zero attached hydrogens (tertiary/aromatic N) is 1. The fraction of sp³-hybridized carbons (Fsp3) is 0.556. The summed E-state index contributed by atoms with van der Waals surface area (Å²) in [4.78, 5) is 27.1. The van der Waals surface area contributed by atoms with Crippen molar-refractivity contribution in [2.45, 2.75) is 26.4 Å². The molecule has 132 valence electrons. The largest absolute Gasteiger partial charge is 0.469 e. The molecule has 1 unspecified atom stereocenters. The molecule has 0 aliphatic carbocycles. The molecule has 1 amide bonds. The SMILES string of the molecule is COC(=O)C(C)(C)C(C(=O)NCc1ccccc1)N1CCOCC1. The van der Waals surface area contributed by atoms with Crippen LogP contribution in [0, 0.1) is 5.41 Å². The molecule has 24 heavy (non-hydrogen) atoms. The standard InChI is InChI=1S/C18H26N2O4/c1-18(2,17(22)23-3)15(20-9-11-24-12-10-20)16(21)19-13-14-7-5-4-6-8-14/h4-8,15H,9-13H2,1-3H3,(H,19,21). The molecule has 1 heterocycles. The van der Waals surface area contributed by atoms with E-state index in [0.29, 0.717) is 32.8 Å². The van der Waals surface area contributed by atoms with Gasteiger partial charge in [-0.2, -0.15) is 0 Å². The number of nitrogens with one attached hydrogen (secondary N) is 1. The van der Waals surface area contributed by atoms with Gasteiger partial charge in [-0.1, -0.05) is 30.3 Å². The first-order chi connectivity index (χ1) is 11.5. The van der Waals surface area contributed by atoms with Crippen molar-refractivity contribution in [2.75, 3.05) is 33.4 Å². The van der Waals surface area contributed by atoms with Crippen LogP contribution < -0.4 is 5.32 Å². The van der Waals surface area contributed by atoms with Crippen molar-refractivity contribution in [1.29, 1.82) is 0 Å². The van der Waals surface area contributed by atoms with Crippen molar-refractivity contribution >= 4 is 11.9 Å². The maximum absolute atomic E-state index is 12.9. The van der Waals surface area contributed by atoms with E-state index in [-0.39, 0.29) is 5.91 Å². The van der Waals surface area contributed by atoms with Crippen LogP contribution in [-0.4, -0.2) is 56.2 Å². The maximum atomic E-state index is 12.9. The highest BCUT2D eigenvalue weighted by atomic mass is 16.5. The van der Waals surface area contributed by atoms with Crippen LogP contribution in [0.15, 0.2) is 30.3 Å². The van der Waals surface area contributed by atoms with Crippen molar-refractivity contribution < 1.29 is 19.1 Å². The summed E-state index contributed by atoms with van der Waals surface area (Å²) in [5, 5.41) is 2.95. The number of benzene rings is 1. The van der Waals surface area contributed by atoms with Gasteiger partial charge in [0.1, 0.15) is 6.04 Å². The monoisotopic (exact) mass is 334 g/mol. The number of ether oxygens (including phenoxy) is 2. The van der Waals surface area contributed by atoms with Gasteiger partial charge in [0.25, 0.3) is 0 Å². The van der Waals surface area contributed by atoms with Crippen molar-refractivity contribution in [1.82, 2.24) is 10.2 Å². The average Bonchev–Trinajstić information content (AvgIpc) is 2.61. The molecule has 1 aliphatic rings. The van der Waals surface area contributed by atoms with Gasteiger partial charge in [-0.3, -0.25) is 14.5 Å². The van der Waals surface area contributed by atoms with Gasteiger partial charge in [0.05, 0.1) is 25.7 Å². The van der Waals surface area contributed by atoms with Crippen molar-refractivity contribution in [3.63, 3.8) is 0 Å². The molecule has 0 bridgehead atoms. The Morgan fingerprint density at radius 2 is 1.88 bits per heavy atom. The lowest BCUT2D eigenvalue weighted by molar-refractivity contribution is -0.160. The number of carbonyl (C=O) groups is 2. The smallest absolute Gasteiger partial charge is 0.313 e. The fourth-order valence-electron chi connectivity index (χ4n) is 3.04. The first kappa shape index (κ1) is 18.4. The Bertz CT molecular complexity index is 553. The Morgan fingerprint density at radius 1 is 1.25 bits per heavy atom. The van der Waals surface area contributed by atoms with Crippen LogP contribution in [-0.2, 0) is 25.6 Å². The summed E-state index contributed by atoms with van der Waals surface area (Å²) in [6, 6.07) is 9.10. The minimum absolute atomic E-state index is 0.170. The Hall–Kier alpha value is -1.92. The number of esters is 1. The van der Waals surface area contributed by atoms with E-state index in [1.165, 1.54) is 7.11 Å². The van der Waals surface area contributed by atoms with E-state index in [1.54, 1.807) is 13.8 Å². The zero-order valence-corrected chi connectivity index (χ0v) is 14.6. The fourth-order valence-corrected chi connectivity index (χ4v) is 3.04. The van der Waals surface area contributed by atoms with Gasteiger partial charge < -0.3 is 14.8 Å². The lowest BCUT2D eigenvalue weighted by Crippen LogP contribution is -2.59. The number of hydrogen-bond acceptors (Lipinski definition) is 5. The summed E-state index contributed by atoms with van der Waals surface area (Å²) in [5.41, 5.74) is 0.0646. The first-order valence-corrected chi connectivity index (χ1v) is 8.18. The molecule has 1 fully saturated rings. The molecule has 0 saturated carbocycles. The minimum atomic E-state index is -0.952. The summed E-state index contributed by atoms with van der Waals surface area (Å²) in [6.07, 6.45) is 0. The second kappa shape index (κ2) is 8.26. The lowest BCUT2D eigenvalue weighted by atomic mass is 9.82. The summed E-state index contributed by atoms with van der Waals surface area (Å²) in [7, 11) is 1.35. The zero-order chi connectivity index (χ0) is 17.6. The first-order valence-electron chi connectivity index (χ1n) is 8.18. The van der Waals surface area contributed by atoms with Gasteiger partial charge >= 0.3 is 5.97 Å². The predicted octanol–water partition coefficient (Wildman–Crippen LogP) is 1.20. The predicted molar refractivity (Wildman–Crippen MR) is 90.3 cm³/mol. The minimum Gasteiger partial charge on any atom is -0.469 e. The summed E-state index contributed by atoms with van der Waals surface area (Å²) >= 11 is 0. The zero-order valence-electron chi connectivity index (χ0n) is 14.6.